The number of rotatable bonds is 2. The minimum Gasteiger partial charge on any atom is -0.508 e. The number of aliphatic hydroxyl groups excluding tert-OH is 2. The molecule has 4 heterocycles. The molecule has 6 aliphatic rings. The summed E-state index contributed by atoms with van der Waals surface area (Å²) in [5.74, 6) is 0.558. The van der Waals surface area contributed by atoms with Crippen molar-refractivity contribution in [3.63, 3.8) is 0 Å². The van der Waals surface area contributed by atoms with Gasteiger partial charge in [-0.15, -0.1) is 0 Å². The summed E-state index contributed by atoms with van der Waals surface area (Å²) in [4.78, 5) is 14.0. The standard InChI is InChI=1S/C44H49ClO10/c1-18(2)9-11-22-20(4)35-27(16-26(22)47)51-37-30(40(50)52-35)21(5)33(45)38-32(37)39-34(49)23-15-25(46)24-17-44(55-36(24)31(23)41(53-38)54-39)19(3)10-12-28-42(6,7)29(48)13-14-43(28,44)8/h9,15-16,19,28-29,34,39,41,46-49H,10-14,17H2,1-8H3/t19-,28+,29-,34+,39+,41+,43+,44-/m1/s1. The van der Waals surface area contributed by atoms with Crippen molar-refractivity contribution in [1.82, 2.24) is 0 Å². The number of carbonyl (C=O) groups is 1. The van der Waals surface area contributed by atoms with Crippen LogP contribution in [0.2, 0.25) is 5.02 Å². The van der Waals surface area contributed by atoms with Crippen LogP contribution in [0.25, 0.3) is 0 Å². The van der Waals surface area contributed by atoms with Gasteiger partial charge < -0.3 is 44.1 Å². The van der Waals surface area contributed by atoms with Crippen LogP contribution in [0.4, 0.5) is 0 Å². The van der Waals surface area contributed by atoms with Crippen LogP contribution >= 0.6 is 11.6 Å². The highest BCUT2D eigenvalue weighted by atomic mass is 35.5. The van der Waals surface area contributed by atoms with Crippen LogP contribution in [0.15, 0.2) is 23.8 Å². The van der Waals surface area contributed by atoms with E-state index in [1.54, 1.807) is 19.9 Å². The van der Waals surface area contributed by atoms with Gasteiger partial charge in [-0.05, 0) is 88.7 Å². The number of phenols is 2. The molecule has 55 heavy (non-hydrogen) atoms. The van der Waals surface area contributed by atoms with Crippen LogP contribution in [0.1, 0.15) is 135 Å². The average molecular weight is 773 g/mol. The zero-order valence-corrected chi connectivity index (χ0v) is 33.3. The van der Waals surface area contributed by atoms with E-state index in [9.17, 15) is 25.2 Å². The molecular formula is C44H49ClO10. The van der Waals surface area contributed by atoms with Crippen molar-refractivity contribution in [2.75, 3.05) is 0 Å². The number of carbonyl (C=O) groups excluding carboxylic acids is 1. The first-order valence-corrected chi connectivity index (χ1v) is 19.8. The first kappa shape index (κ1) is 36.7. The fraction of sp³-hybridized carbons (Fsp3) is 0.523. The van der Waals surface area contributed by atoms with Crippen LogP contribution < -0.4 is 18.9 Å². The number of esters is 1. The summed E-state index contributed by atoms with van der Waals surface area (Å²) in [5, 5.41) is 46.4. The van der Waals surface area contributed by atoms with Crippen molar-refractivity contribution in [2.24, 2.45) is 22.7 Å². The lowest BCUT2D eigenvalue weighted by Crippen LogP contribution is -2.66. The maximum atomic E-state index is 14.0. The molecule has 2 saturated carbocycles. The average Bonchev–Trinajstić information content (AvgIpc) is 3.48. The molecule has 4 aliphatic heterocycles. The SMILES string of the molecule is CC(C)=CCc1c(O)cc2c(c1C)OC(=O)c1c(C)c(Cl)c3c(c1O2)[C@@H]1O[C@H](O3)c2c(cc(O)c3c2O[C@]2(C3)[C@H](C)CC[C@H]3C(C)(C)[C@H](O)CC[C@@]32C)[C@@H]1O. The van der Waals surface area contributed by atoms with Gasteiger partial charge in [-0.2, -0.15) is 0 Å². The Balaban J connectivity index is 1.15. The fourth-order valence-electron chi connectivity index (χ4n) is 11.2. The molecule has 0 aromatic heterocycles. The summed E-state index contributed by atoms with van der Waals surface area (Å²) in [6.45, 7) is 16.2. The van der Waals surface area contributed by atoms with Crippen LogP contribution in [0, 0.1) is 36.5 Å². The Morgan fingerprint density at radius 3 is 2.42 bits per heavy atom. The van der Waals surface area contributed by atoms with Crippen LogP contribution in [-0.2, 0) is 17.6 Å². The van der Waals surface area contributed by atoms with E-state index in [1.165, 1.54) is 6.07 Å². The smallest absolute Gasteiger partial charge is 0.347 e. The van der Waals surface area contributed by atoms with Gasteiger partial charge in [-0.3, -0.25) is 0 Å². The highest BCUT2D eigenvalue weighted by molar-refractivity contribution is 6.33. The molecule has 10 nitrogen and oxygen atoms in total. The third kappa shape index (κ3) is 4.80. The predicted molar refractivity (Wildman–Crippen MR) is 204 cm³/mol. The van der Waals surface area contributed by atoms with E-state index in [0.29, 0.717) is 58.4 Å². The predicted octanol–water partition coefficient (Wildman–Crippen LogP) is 9.30. The molecule has 8 atom stereocenters. The van der Waals surface area contributed by atoms with Crippen LogP contribution in [0.5, 0.6) is 40.2 Å². The molecule has 2 bridgehead atoms. The van der Waals surface area contributed by atoms with Gasteiger partial charge >= 0.3 is 5.97 Å². The Hall–Kier alpha value is -3.96. The van der Waals surface area contributed by atoms with Crippen molar-refractivity contribution >= 4 is 17.6 Å². The maximum Gasteiger partial charge on any atom is 0.347 e. The van der Waals surface area contributed by atoms with Crippen molar-refractivity contribution in [3.8, 4) is 40.2 Å². The topological polar surface area (TPSA) is 144 Å². The molecule has 292 valence electrons. The summed E-state index contributed by atoms with van der Waals surface area (Å²) in [6, 6.07) is 3.00. The Labute approximate surface area is 326 Å². The van der Waals surface area contributed by atoms with Crippen molar-refractivity contribution in [2.45, 2.75) is 124 Å². The lowest BCUT2D eigenvalue weighted by Gasteiger charge is -2.64. The molecule has 0 amide bonds. The fourth-order valence-corrected chi connectivity index (χ4v) is 11.5. The third-order valence-electron chi connectivity index (χ3n) is 14.4. The Morgan fingerprint density at radius 2 is 1.69 bits per heavy atom. The molecule has 3 aromatic carbocycles. The van der Waals surface area contributed by atoms with E-state index < -0.39 is 36.2 Å². The number of allylic oxidation sites excluding steroid dienone is 2. The Kier molecular flexibility index (Phi) is 8.02. The summed E-state index contributed by atoms with van der Waals surface area (Å²) in [5.41, 5.74) is 3.03. The second kappa shape index (κ2) is 12.0. The van der Waals surface area contributed by atoms with Crippen molar-refractivity contribution < 1.29 is 48.9 Å². The van der Waals surface area contributed by atoms with E-state index in [2.05, 4.69) is 27.7 Å². The van der Waals surface area contributed by atoms with E-state index in [1.807, 2.05) is 19.9 Å². The largest absolute Gasteiger partial charge is 0.508 e. The number of aromatic hydroxyl groups is 2. The van der Waals surface area contributed by atoms with Gasteiger partial charge in [0.25, 0.3) is 0 Å². The number of halogens is 1. The van der Waals surface area contributed by atoms with Gasteiger partial charge in [0.1, 0.15) is 40.6 Å². The molecule has 11 heteroatoms. The number of hydrogen-bond donors (Lipinski definition) is 4. The first-order chi connectivity index (χ1) is 25.9. The van der Waals surface area contributed by atoms with E-state index in [0.717, 1.165) is 24.8 Å². The quantitative estimate of drug-likeness (QED) is 0.113. The van der Waals surface area contributed by atoms with Gasteiger partial charge in [-0.1, -0.05) is 50.9 Å². The number of aliphatic hydroxyl groups is 2. The lowest BCUT2D eigenvalue weighted by atomic mass is 9.43. The Morgan fingerprint density at radius 1 is 0.945 bits per heavy atom. The minimum atomic E-state index is -1.35. The molecule has 1 spiro atoms. The molecule has 3 aromatic rings. The molecule has 0 saturated heterocycles. The monoisotopic (exact) mass is 772 g/mol. The van der Waals surface area contributed by atoms with Gasteiger partial charge in [0.15, 0.2) is 23.0 Å². The highest BCUT2D eigenvalue weighted by Gasteiger charge is 2.67. The zero-order valence-electron chi connectivity index (χ0n) is 32.6. The molecule has 0 radical (unpaired) electrons. The number of phenolic OH excluding ortho intramolecular Hbond substituents is 2. The maximum absolute atomic E-state index is 14.0. The third-order valence-corrected chi connectivity index (χ3v) is 14.9. The zero-order chi connectivity index (χ0) is 39.3. The highest BCUT2D eigenvalue weighted by Crippen LogP contribution is 2.69. The number of ether oxygens (including phenoxy) is 5. The van der Waals surface area contributed by atoms with E-state index >= 15 is 0 Å². The minimum absolute atomic E-state index is 0.0160. The normalized spacial score (nSPS) is 31.9. The van der Waals surface area contributed by atoms with Gasteiger partial charge in [0, 0.05) is 40.2 Å². The van der Waals surface area contributed by atoms with Gasteiger partial charge in [0.05, 0.1) is 22.3 Å². The summed E-state index contributed by atoms with van der Waals surface area (Å²) in [6.07, 6.45) is 2.20. The lowest BCUT2D eigenvalue weighted by molar-refractivity contribution is -0.213. The van der Waals surface area contributed by atoms with Crippen LogP contribution in [-0.4, -0.2) is 38.1 Å². The van der Waals surface area contributed by atoms with Gasteiger partial charge in [-0.25, -0.2) is 4.79 Å². The first-order valence-electron chi connectivity index (χ1n) is 19.4. The van der Waals surface area contributed by atoms with Crippen molar-refractivity contribution in [1.29, 1.82) is 0 Å². The second-order valence-corrected chi connectivity index (χ2v) is 18.2. The molecular weight excluding hydrogens is 724 g/mol. The summed E-state index contributed by atoms with van der Waals surface area (Å²) in [7, 11) is 0. The Bertz CT molecular complexity index is 2240. The molecule has 4 N–H and O–H groups in total. The number of benzene rings is 3. The molecule has 9 rings (SSSR count). The van der Waals surface area contributed by atoms with Crippen LogP contribution in [0.3, 0.4) is 0 Å². The number of hydrogen-bond acceptors (Lipinski definition) is 10. The van der Waals surface area contributed by atoms with E-state index in [-0.39, 0.29) is 73.3 Å². The molecule has 0 unspecified atom stereocenters. The van der Waals surface area contributed by atoms with E-state index in [4.69, 9.17) is 35.3 Å². The summed E-state index contributed by atoms with van der Waals surface area (Å²) < 4.78 is 32.9. The summed E-state index contributed by atoms with van der Waals surface area (Å²) >= 11 is 7.06. The molecule has 2 aliphatic carbocycles. The van der Waals surface area contributed by atoms with Gasteiger partial charge in [0.2, 0.25) is 6.29 Å². The number of fused-ring (bicyclic) bond motifs is 13. The second-order valence-electron chi connectivity index (χ2n) is 17.8. The molecule has 2 fully saturated rings. The van der Waals surface area contributed by atoms with Crippen molar-refractivity contribution in [3.05, 3.63) is 73.3 Å².